The molecule has 0 amide bonds. The van der Waals surface area contributed by atoms with Gasteiger partial charge in [-0.1, -0.05) is 46.2 Å². The Hall–Kier alpha value is -1.51. The van der Waals surface area contributed by atoms with Crippen LogP contribution < -0.4 is 0 Å². The van der Waals surface area contributed by atoms with E-state index in [1.807, 2.05) is 12.1 Å². The van der Waals surface area contributed by atoms with E-state index in [1.54, 1.807) is 19.1 Å². The number of benzene rings is 1. The van der Waals surface area contributed by atoms with Gasteiger partial charge in [0.2, 0.25) is 0 Å². The fourth-order valence-electron chi connectivity index (χ4n) is 2.41. The summed E-state index contributed by atoms with van der Waals surface area (Å²) in [6.45, 7) is 8.33. The van der Waals surface area contributed by atoms with Crippen molar-refractivity contribution >= 4 is 5.97 Å². The van der Waals surface area contributed by atoms with Crippen molar-refractivity contribution in [2.45, 2.75) is 47.0 Å². The average molecular weight is 278 g/mol. The number of phenolic OH excluding ortho intramolecular Hbond substituents is 1. The summed E-state index contributed by atoms with van der Waals surface area (Å²) >= 11 is 0. The van der Waals surface area contributed by atoms with E-state index in [-0.39, 0.29) is 17.1 Å². The van der Waals surface area contributed by atoms with Gasteiger partial charge in [-0.05, 0) is 41.9 Å². The van der Waals surface area contributed by atoms with Crippen LogP contribution in [0.1, 0.15) is 46.1 Å². The molecule has 0 radical (unpaired) electrons. The van der Waals surface area contributed by atoms with Gasteiger partial charge < -0.3 is 10.2 Å². The van der Waals surface area contributed by atoms with E-state index < -0.39 is 5.97 Å². The molecule has 1 aromatic carbocycles. The number of hydrogen-bond donors (Lipinski definition) is 2. The molecule has 0 aliphatic carbocycles. The van der Waals surface area contributed by atoms with E-state index in [0.29, 0.717) is 12.3 Å². The van der Waals surface area contributed by atoms with Crippen molar-refractivity contribution in [3.05, 3.63) is 29.8 Å². The summed E-state index contributed by atoms with van der Waals surface area (Å²) < 4.78 is 0. The van der Waals surface area contributed by atoms with Gasteiger partial charge in [-0.2, -0.15) is 0 Å². The van der Waals surface area contributed by atoms with Crippen LogP contribution in [0.2, 0.25) is 0 Å². The van der Waals surface area contributed by atoms with Crippen LogP contribution in [0.15, 0.2) is 24.3 Å². The van der Waals surface area contributed by atoms with Gasteiger partial charge in [0.25, 0.3) is 0 Å². The van der Waals surface area contributed by atoms with E-state index in [0.717, 1.165) is 18.4 Å². The molecule has 3 heteroatoms. The molecule has 0 fully saturated rings. The zero-order valence-corrected chi connectivity index (χ0v) is 12.9. The van der Waals surface area contributed by atoms with Gasteiger partial charge in [-0.3, -0.25) is 4.79 Å². The molecule has 0 spiro atoms. The zero-order valence-electron chi connectivity index (χ0n) is 12.9. The van der Waals surface area contributed by atoms with Crippen molar-refractivity contribution in [3.8, 4) is 5.75 Å². The Morgan fingerprint density at radius 2 is 1.80 bits per heavy atom. The molecule has 0 aliphatic rings. The quantitative estimate of drug-likeness (QED) is 0.789. The second-order valence-electron chi connectivity index (χ2n) is 6.38. The first-order valence-electron chi connectivity index (χ1n) is 7.27. The first-order chi connectivity index (χ1) is 9.26. The van der Waals surface area contributed by atoms with Crippen LogP contribution in [0.3, 0.4) is 0 Å². The van der Waals surface area contributed by atoms with Gasteiger partial charge in [0.05, 0.1) is 5.92 Å². The average Bonchev–Trinajstić information content (AvgIpc) is 2.40. The highest BCUT2D eigenvalue weighted by Crippen LogP contribution is 2.37. The second-order valence-corrected chi connectivity index (χ2v) is 6.38. The van der Waals surface area contributed by atoms with Crippen molar-refractivity contribution in [3.63, 3.8) is 0 Å². The van der Waals surface area contributed by atoms with Crippen LogP contribution in [0.25, 0.3) is 0 Å². The molecule has 2 N–H and O–H groups in total. The van der Waals surface area contributed by atoms with Crippen molar-refractivity contribution in [1.82, 2.24) is 0 Å². The molecule has 0 aliphatic heterocycles. The highest BCUT2D eigenvalue weighted by molar-refractivity contribution is 5.69. The van der Waals surface area contributed by atoms with Crippen LogP contribution in [0, 0.1) is 17.3 Å². The molecule has 0 saturated heterocycles. The van der Waals surface area contributed by atoms with E-state index in [1.165, 1.54) is 0 Å². The summed E-state index contributed by atoms with van der Waals surface area (Å²) in [5, 5.41) is 18.5. The molecule has 0 saturated carbocycles. The lowest BCUT2D eigenvalue weighted by Crippen LogP contribution is -2.29. The molecule has 2 atom stereocenters. The number of rotatable bonds is 7. The fraction of sp³-hybridized carbons (Fsp3) is 0.588. The summed E-state index contributed by atoms with van der Waals surface area (Å²) in [5.74, 6) is -0.488. The van der Waals surface area contributed by atoms with Gasteiger partial charge >= 0.3 is 5.97 Å². The molecule has 2 unspecified atom stereocenters. The minimum absolute atomic E-state index is 0.0988. The largest absolute Gasteiger partial charge is 0.508 e. The number of carboxylic acids is 1. The maximum atomic E-state index is 11.1. The van der Waals surface area contributed by atoms with E-state index >= 15 is 0 Å². The highest BCUT2D eigenvalue weighted by Gasteiger charge is 2.30. The number of carbonyl (C=O) groups is 1. The Morgan fingerprint density at radius 1 is 1.25 bits per heavy atom. The Bertz CT molecular complexity index is 434. The van der Waals surface area contributed by atoms with Crippen molar-refractivity contribution in [2.75, 3.05) is 0 Å². The minimum Gasteiger partial charge on any atom is -0.508 e. The third-order valence-corrected chi connectivity index (χ3v) is 4.49. The Labute approximate surface area is 121 Å². The molecule has 1 aromatic rings. The van der Waals surface area contributed by atoms with E-state index in [2.05, 4.69) is 20.8 Å². The van der Waals surface area contributed by atoms with Gasteiger partial charge in [0.15, 0.2) is 0 Å². The standard InChI is InChI=1S/C17H26O3/c1-5-17(3,4)14(10-12(2)16(19)20)11-13-6-8-15(18)9-7-13/h6-9,12,14,18H,5,10-11H2,1-4H3,(H,19,20). The zero-order chi connectivity index (χ0) is 15.3. The van der Waals surface area contributed by atoms with Crippen LogP contribution in [-0.4, -0.2) is 16.2 Å². The Kier molecular flexibility index (Phi) is 5.61. The van der Waals surface area contributed by atoms with Crippen LogP contribution in [-0.2, 0) is 11.2 Å². The van der Waals surface area contributed by atoms with E-state index in [9.17, 15) is 9.90 Å². The molecule has 0 aromatic heterocycles. The Morgan fingerprint density at radius 3 is 2.25 bits per heavy atom. The summed E-state index contributed by atoms with van der Waals surface area (Å²) in [7, 11) is 0. The molecule has 112 valence electrons. The molecule has 0 heterocycles. The molecule has 20 heavy (non-hydrogen) atoms. The minimum atomic E-state index is -0.729. The lowest BCUT2D eigenvalue weighted by molar-refractivity contribution is -0.142. The predicted octanol–water partition coefficient (Wildman–Crippen LogP) is 4.10. The summed E-state index contributed by atoms with van der Waals surface area (Å²) in [6.07, 6.45) is 2.54. The number of aromatic hydroxyl groups is 1. The maximum absolute atomic E-state index is 11.1. The van der Waals surface area contributed by atoms with Gasteiger partial charge in [0, 0.05) is 0 Å². The molecule has 0 bridgehead atoms. The number of hydrogen-bond acceptors (Lipinski definition) is 2. The number of phenols is 1. The van der Waals surface area contributed by atoms with Crippen molar-refractivity contribution < 1.29 is 15.0 Å². The fourth-order valence-corrected chi connectivity index (χ4v) is 2.41. The monoisotopic (exact) mass is 278 g/mol. The van der Waals surface area contributed by atoms with Crippen LogP contribution in [0.4, 0.5) is 0 Å². The molecule has 1 rings (SSSR count). The van der Waals surface area contributed by atoms with Crippen molar-refractivity contribution in [1.29, 1.82) is 0 Å². The van der Waals surface area contributed by atoms with Gasteiger partial charge in [0.1, 0.15) is 5.75 Å². The Balaban J connectivity index is 2.87. The normalized spacial score (nSPS) is 14.8. The van der Waals surface area contributed by atoms with Crippen molar-refractivity contribution in [2.24, 2.45) is 17.3 Å². The van der Waals surface area contributed by atoms with Gasteiger partial charge in [-0.15, -0.1) is 0 Å². The highest BCUT2D eigenvalue weighted by atomic mass is 16.4. The van der Waals surface area contributed by atoms with E-state index in [4.69, 9.17) is 5.11 Å². The summed E-state index contributed by atoms with van der Waals surface area (Å²) in [6, 6.07) is 7.21. The smallest absolute Gasteiger partial charge is 0.306 e. The molecular formula is C17H26O3. The van der Waals surface area contributed by atoms with Gasteiger partial charge in [-0.25, -0.2) is 0 Å². The van der Waals surface area contributed by atoms with Crippen LogP contribution >= 0.6 is 0 Å². The third-order valence-electron chi connectivity index (χ3n) is 4.49. The summed E-state index contributed by atoms with van der Waals surface area (Å²) in [4.78, 5) is 11.1. The SMILES string of the molecule is CCC(C)(C)C(Cc1ccc(O)cc1)CC(C)C(=O)O. The lowest BCUT2D eigenvalue weighted by Gasteiger charge is -2.35. The third kappa shape index (κ3) is 4.55. The first kappa shape index (κ1) is 16.5. The molecular weight excluding hydrogens is 252 g/mol. The summed E-state index contributed by atoms with van der Waals surface area (Å²) in [5.41, 5.74) is 1.24. The number of aliphatic carboxylic acids is 1. The molecule has 3 nitrogen and oxygen atoms in total. The number of carboxylic acid groups (broad SMARTS) is 1. The first-order valence-corrected chi connectivity index (χ1v) is 7.27. The second kappa shape index (κ2) is 6.78. The topological polar surface area (TPSA) is 57.5 Å². The van der Waals surface area contributed by atoms with Crippen LogP contribution in [0.5, 0.6) is 5.75 Å². The maximum Gasteiger partial charge on any atom is 0.306 e. The lowest BCUT2D eigenvalue weighted by atomic mass is 9.70. The predicted molar refractivity (Wildman–Crippen MR) is 80.8 cm³/mol.